The van der Waals surface area contributed by atoms with Gasteiger partial charge >= 0.3 is 6.36 Å². The molecule has 2 aromatic carbocycles. The molecule has 0 radical (unpaired) electrons. The lowest BCUT2D eigenvalue weighted by Gasteiger charge is -2.34. The number of sulfonamides is 1. The highest BCUT2D eigenvalue weighted by Crippen LogP contribution is 2.34. The van der Waals surface area contributed by atoms with Crippen LogP contribution in [0.3, 0.4) is 0 Å². The molecule has 1 N–H and O–H groups in total. The summed E-state index contributed by atoms with van der Waals surface area (Å²) in [5.41, 5.74) is 2.26. The number of carbonyl (C=O) groups is 1. The summed E-state index contributed by atoms with van der Waals surface area (Å²) in [5, 5.41) is 3.79. The highest BCUT2D eigenvalue weighted by Gasteiger charge is 2.47. The van der Waals surface area contributed by atoms with Gasteiger partial charge in [-0.2, -0.15) is 4.31 Å². The zero-order valence-electron chi connectivity index (χ0n) is 25.1. The van der Waals surface area contributed by atoms with Gasteiger partial charge in [-0.1, -0.05) is 12.1 Å². The van der Waals surface area contributed by atoms with Crippen LogP contribution in [0.1, 0.15) is 47.9 Å². The summed E-state index contributed by atoms with van der Waals surface area (Å²) < 4.78 is 89.9. The van der Waals surface area contributed by atoms with Gasteiger partial charge in [-0.25, -0.2) is 12.6 Å². The van der Waals surface area contributed by atoms with Crippen LogP contribution in [0, 0.1) is 13.8 Å². The summed E-state index contributed by atoms with van der Waals surface area (Å²) in [6, 6.07) is 9.07. The first-order valence-corrected chi connectivity index (χ1v) is 17.5. The number of carbonyl (C=O) groups excluding carboxylic acids is 1. The van der Waals surface area contributed by atoms with Crippen molar-refractivity contribution >= 4 is 44.5 Å². The summed E-state index contributed by atoms with van der Waals surface area (Å²) >= 11 is 0. The SMILES string of the molecule is Cc1cc(N(C2CCOCC2)S(C)=O)cc(C)c1/C=C/S(=O)(=O)N1CCC2(CC1)N=C(c1cccc(OC(F)(F)F)c1)NC2=O. The van der Waals surface area contributed by atoms with E-state index in [9.17, 15) is 30.6 Å². The molecule has 0 saturated carbocycles. The Morgan fingerprint density at radius 2 is 1.78 bits per heavy atom. The van der Waals surface area contributed by atoms with Gasteiger partial charge in [-0.15, -0.1) is 13.2 Å². The van der Waals surface area contributed by atoms with E-state index >= 15 is 0 Å². The molecule has 1 amide bonds. The lowest BCUT2D eigenvalue weighted by Crippen LogP contribution is -2.50. The number of benzene rings is 2. The zero-order valence-corrected chi connectivity index (χ0v) is 26.7. The molecular weight excluding hydrogens is 633 g/mol. The van der Waals surface area contributed by atoms with E-state index in [-0.39, 0.29) is 43.4 Å². The molecule has 45 heavy (non-hydrogen) atoms. The zero-order chi connectivity index (χ0) is 32.6. The first-order valence-electron chi connectivity index (χ1n) is 14.4. The van der Waals surface area contributed by atoms with E-state index in [2.05, 4.69) is 15.0 Å². The Morgan fingerprint density at radius 1 is 1.13 bits per heavy atom. The number of alkyl halides is 3. The third-order valence-electron chi connectivity index (χ3n) is 8.27. The number of halogens is 3. The van der Waals surface area contributed by atoms with Crippen LogP contribution in [-0.2, 0) is 30.5 Å². The number of rotatable bonds is 8. The standard InChI is InChI=1S/C30H35F3N4O6S2/c1-20-17-24(37(44(3)39)23-7-14-42-15-8-23)18-21(2)26(20)9-16-45(40,41)36-12-10-29(11-13-36)28(38)34-27(35-29)22-5-4-6-25(19-22)43-30(31,32)33/h4-6,9,16-19,23H,7-8,10-15H2,1-3H3,(H,34,35,38)/b16-9+. The van der Waals surface area contributed by atoms with Crippen molar-refractivity contribution in [2.45, 2.75) is 57.5 Å². The van der Waals surface area contributed by atoms with Crippen molar-refractivity contribution in [2.75, 3.05) is 36.9 Å². The quantitative estimate of drug-likeness (QED) is 0.451. The molecule has 3 aliphatic rings. The number of aliphatic imine (C=N–C) groups is 1. The van der Waals surface area contributed by atoms with E-state index in [1.54, 1.807) is 12.3 Å². The molecule has 2 aromatic rings. The Kier molecular flexibility index (Phi) is 9.45. The molecule has 5 rings (SSSR count). The molecule has 15 heteroatoms. The Balaban J connectivity index is 1.28. The van der Waals surface area contributed by atoms with Crippen LogP contribution in [0.2, 0.25) is 0 Å². The largest absolute Gasteiger partial charge is 0.573 e. The van der Waals surface area contributed by atoms with Crippen molar-refractivity contribution in [2.24, 2.45) is 4.99 Å². The first-order chi connectivity index (χ1) is 21.2. The minimum absolute atomic E-state index is 0.0351. The number of hydrogen-bond acceptors (Lipinski definition) is 7. The molecule has 0 bridgehead atoms. The van der Waals surface area contributed by atoms with Gasteiger partial charge in [0, 0.05) is 49.6 Å². The molecule has 0 aromatic heterocycles. The molecule has 1 spiro atoms. The van der Waals surface area contributed by atoms with Crippen LogP contribution in [0.4, 0.5) is 18.9 Å². The monoisotopic (exact) mass is 668 g/mol. The number of amides is 1. The molecule has 1 atom stereocenters. The molecule has 3 aliphatic heterocycles. The molecule has 1 unspecified atom stereocenters. The van der Waals surface area contributed by atoms with E-state index in [0.29, 0.717) is 13.2 Å². The second-order valence-corrected chi connectivity index (χ2v) is 14.4. The number of hydrogen-bond donors (Lipinski definition) is 1. The number of nitrogens with one attached hydrogen (secondary N) is 1. The maximum Gasteiger partial charge on any atom is 0.573 e. The van der Waals surface area contributed by atoms with E-state index in [0.717, 1.165) is 52.8 Å². The van der Waals surface area contributed by atoms with Crippen LogP contribution in [-0.4, -0.2) is 79.2 Å². The van der Waals surface area contributed by atoms with E-state index in [1.165, 1.54) is 16.4 Å². The number of ether oxygens (including phenoxy) is 2. The highest BCUT2D eigenvalue weighted by molar-refractivity contribution is 7.92. The van der Waals surface area contributed by atoms with E-state index in [4.69, 9.17) is 4.74 Å². The van der Waals surface area contributed by atoms with Gasteiger partial charge in [0.05, 0.1) is 5.69 Å². The van der Waals surface area contributed by atoms with Crippen molar-refractivity contribution in [3.05, 3.63) is 64.1 Å². The molecule has 2 fully saturated rings. The first kappa shape index (κ1) is 33.1. The van der Waals surface area contributed by atoms with Crippen molar-refractivity contribution in [3.63, 3.8) is 0 Å². The number of piperidine rings is 1. The van der Waals surface area contributed by atoms with Gasteiger partial charge in [0.2, 0.25) is 10.0 Å². The molecule has 3 heterocycles. The third kappa shape index (κ3) is 7.42. The van der Waals surface area contributed by atoms with Gasteiger partial charge in [0.15, 0.2) is 0 Å². The van der Waals surface area contributed by atoms with Gasteiger partial charge in [0.25, 0.3) is 5.91 Å². The van der Waals surface area contributed by atoms with E-state index in [1.807, 2.05) is 30.3 Å². The molecular formula is C30H35F3N4O6S2. The average molecular weight is 669 g/mol. The summed E-state index contributed by atoms with van der Waals surface area (Å²) in [4.78, 5) is 17.5. The van der Waals surface area contributed by atoms with Gasteiger partial charge in [0.1, 0.15) is 28.1 Å². The lowest BCUT2D eigenvalue weighted by molar-refractivity contribution is -0.274. The Labute approximate surface area is 262 Å². The van der Waals surface area contributed by atoms with Crippen LogP contribution >= 0.6 is 0 Å². The fraction of sp³-hybridized carbons (Fsp3) is 0.467. The van der Waals surface area contributed by atoms with Gasteiger partial charge in [-0.3, -0.25) is 14.1 Å². The fourth-order valence-electron chi connectivity index (χ4n) is 6.01. The number of anilines is 1. The average Bonchev–Trinajstić information content (AvgIpc) is 3.27. The highest BCUT2D eigenvalue weighted by atomic mass is 32.2. The minimum atomic E-state index is -4.86. The lowest BCUT2D eigenvalue weighted by atomic mass is 9.89. The smallest absolute Gasteiger partial charge is 0.406 e. The molecule has 2 saturated heterocycles. The molecule has 244 valence electrons. The summed E-state index contributed by atoms with van der Waals surface area (Å²) in [6.45, 7) is 5.06. The number of nitrogens with zero attached hydrogens (tertiary/aromatic N) is 3. The maximum absolute atomic E-state index is 13.3. The fourth-order valence-corrected chi connectivity index (χ4v) is 8.22. The topological polar surface area (TPSA) is 118 Å². The van der Waals surface area contributed by atoms with Crippen molar-refractivity contribution < 1.29 is 40.1 Å². The predicted molar refractivity (Wildman–Crippen MR) is 166 cm³/mol. The van der Waals surface area contributed by atoms with Crippen molar-refractivity contribution in [3.8, 4) is 5.75 Å². The number of aryl methyl sites for hydroxylation is 2. The van der Waals surface area contributed by atoms with Crippen LogP contribution < -0.4 is 14.4 Å². The summed E-state index contributed by atoms with van der Waals surface area (Å²) in [6.07, 6.45) is 0.102. The normalized spacial score (nSPS) is 20.3. The minimum Gasteiger partial charge on any atom is -0.406 e. The van der Waals surface area contributed by atoms with E-state index < -0.39 is 44.6 Å². The Bertz CT molecular complexity index is 1620. The maximum atomic E-state index is 13.3. The summed E-state index contributed by atoms with van der Waals surface area (Å²) in [5.74, 6) is -0.760. The van der Waals surface area contributed by atoms with Crippen LogP contribution in [0.25, 0.3) is 6.08 Å². The second-order valence-electron chi connectivity index (χ2n) is 11.4. The molecule has 0 aliphatic carbocycles. The Hall–Kier alpha value is -3.27. The van der Waals surface area contributed by atoms with Gasteiger partial charge < -0.3 is 14.8 Å². The predicted octanol–water partition coefficient (Wildman–Crippen LogP) is 4.19. The van der Waals surface area contributed by atoms with Crippen LogP contribution in [0.5, 0.6) is 5.75 Å². The summed E-state index contributed by atoms with van der Waals surface area (Å²) in [7, 11) is -5.10. The van der Waals surface area contributed by atoms with Gasteiger partial charge in [-0.05, 0) is 86.6 Å². The second kappa shape index (κ2) is 12.9. The van der Waals surface area contributed by atoms with Crippen molar-refractivity contribution in [1.29, 1.82) is 0 Å². The van der Waals surface area contributed by atoms with Crippen LogP contribution in [0.15, 0.2) is 46.8 Å². The van der Waals surface area contributed by atoms with Crippen molar-refractivity contribution in [1.82, 2.24) is 9.62 Å². The third-order valence-corrected chi connectivity index (χ3v) is 10.9. The Morgan fingerprint density at radius 3 is 2.38 bits per heavy atom. The number of amidine groups is 1. The molecule has 10 nitrogen and oxygen atoms in total.